The second-order valence-corrected chi connectivity index (χ2v) is 6.94. The number of pyridine rings is 1. The minimum atomic E-state index is -0.180. The monoisotopic (exact) mass is 396 g/mol. The maximum absolute atomic E-state index is 13.3. The first-order chi connectivity index (χ1) is 14.7. The molecule has 0 unspecified atom stereocenters. The van der Waals surface area contributed by atoms with Crippen LogP contribution in [0, 0.1) is 0 Å². The van der Waals surface area contributed by atoms with Gasteiger partial charge in [0.2, 0.25) is 0 Å². The Kier molecular flexibility index (Phi) is 5.70. The summed E-state index contributed by atoms with van der Waals surface area (Å²) in [7, 11) is 0. The number of hydrogen-bond acceptors (Lipinski definition) is 4. The lowest BCUT2D eigenvalue weighted by molar-refractivity contribution is -0.114. The molecule has 1 amide bonds. The first kappa shape index (κ1) is 19.6. The number of amides is 1. The SMILES string of the molecule is CCN(CC)c1ccc(/C=C2\C(=O)N(c3ccccn3)N=C2c2ccccc2)cc1. The molecule has 30 heavy (non-hydrogen) atoms. The Morgan fingerprint density at radius 2 is 1.60 bits per heavy atom. The van der Waals surface area contributed by atoms with E-state index in [4.69, 9.17) is 0 Å². The van der Waals surface area contributed by atoms with Crippen molar-refractivity contribution in [1.82, 2.24) is 4.98 Å². The summed E-state index contributed by atoms with van der Waals surface area (Å²) in [6, 6.07) is 23.5. The summed E-state index contributed by atoms with van der Waals surface area (Å²) >= 11 is 0. The fourth-order valence-electron chi connectivity index (χ4n) is 3.53. The molecule has 0 spiro atoms. The molecular formula is C25H24N4O. The lowest BCUT2D eigenvalue weighted by atomic mass is 10.00. The van der Waals surface area contributed by atoms with Crippen molar-refractivity contribution in [1.29, 1.82) is 0 Å². The zero-order chi connectivity index (χ0) is 20.9. The maximum Gasteiger partial charge on any atom is 0.282 e. The van der Waals surface area contributed by atoms with Crippen molar-refractivity contribution in [2.45, 2.75) is 13.8 Å². The van der Waals surface area contributed by atoms with Crippen LogP contribution in [0.5, 0.6) is 0 Å². The number of aromatic nitrogens is 1. The second kappa shape index (κ2) is 8.74. The quantitative estimate of drug-likeness (QED) is 0.564. The van der Waals surface area contributed by atoms with Crippen molar-refractivity contribution in [3.8, 4) is 0 Å². The molecule has 0 fully saturated rings. The highest BCUT2D eigenvalue weighted by Gasteiger charge is 2.32. The molecule has 0 aliphatic carbocycles. The van der Waals surface area contributed by atoms with Gasteiger partial charge in [-0.3, -0.25) is 4.79 Å². The molecule has 0 radical (unpaired) electrons. The van der Waals surface area contributed by atoms with E-state index in [1.165, 1.54) is 10.7 Å². The number of nitrogens with zero attached hydrogens (tertiary/aromatic N) is 4. The van der Waals surface area contributed by atoms with Crippen LogP contribution in [-0.4, -0.2) is 29.7 Å². The van der Waals surface area contributed by atoms with Crippen LogP contribution in [0.25, 0.3) is 6.08 Å². The van der Waals surface area contributed by atoms with Crippen LogP contribution in [0.2, 0.25) is 0 Å². The Bertz CT molecular complexity index is 1070. The molecular weight excluding hydrogens is 372 g/mol. The molecule has 150 valence electrons. The summed E-state index contributed by atoms with van der Waals surface area (Å²) in [6.07, 6.45) is 3.57. The minimum absolute atomic E-state index is 0.180. The van der Waals surface area contributed by atoms with Gasteiger partial charge in [0.1, 0.15) is 5.71 Å². The molecule has 0 bridgehead atoms. The molecule has 2 heterocycles. The summed E-state index contributed by atoms with van der Waals surface area (Å²) in [5.41, 5.74) is 4.24. The number of hydrogen-bond donors (Lipinski definition) is 0. The largest absolute Gasteiger partial charge is 0.372 e. The van der Waals surface area contributed by atoms with Gasteiger partial charge in [-0.25, -0.2) is 4.98 Å². The molecule has 0 N–H and O–H groups in total. The molecule has 3 aromatic rings. The van der Waals surface area contributed by atoms with Crippen molar-refractivity contribution < 1.29 is 4.79 Å². The zero-order valence-electron chi connectivity index (χ0n) is 17.2. The highest BCUT2D eigenvalue weighted by molar-refractivity contribution is 6.37. The van der Waals surface area contributed by atoms with Crippen LogP contribution in [0.1, 0.15) is 25.0 Å². The molecule has 1 aliphatic rings. The summed E-state index contributed by atoms with van der Waals surface area (Å²) in [5, 5.41) is 5.99. The van der Waals surface area contributed by atoms with Crippen LogP contribution in [0.15, 0.2) is 89.7 Å². The van der Waals surface area contributed by atoms with Gasteiger partial charge in [0.05, 0.1) is 5.57 Å². The highest BCUT2D eigenvalue weighted by Crippen LogP contribution is 2.27. The third-order valence-electron chi connectivity index (χ3n) is 5.12. The topological polar surface area (TPSA) is 48.8 Å². The molecule has 5 heteroatoms. The first-order valence-corrected chi connectivity index (χ1v) is 10.2. The van der Waals surface area contributed by atoms with E-state index in [1.54, 1.807) is 12.3 Å². The molecule has 0 saturated carbocycles. The van der Waals surface area contributed by atoms with Gasteiger partial charge < -0.3 is 4.90 Å². The van der Waals surface area contributed by atoms with E-state index < -0.39 is 0 Å². The fraction of sp³-hybridized carbons (Fsp3) is 0.160. The third kappa shape index (κ3) is 3.87. The number of carbonyl (C=O) groups is 1. The van der Waals surface area contributed by atoms with Gasteiger partial charge in [0.25, 0.3) is 5.91 Å². The average molecular weight is 396 g/mol. The van der Waals surface area contributed by atoms with Crippen molar-refractivity contribution in [3.05, 3.63) is 95.7 Å². The van der Waals surface area contributed by atoms with E-state index in [0.717, 1.165) is 24.2 Å². The minimum Gasteiger partial charge on any atom is -0.372 e. The van der Waals surface area contributed by atoms with Crippen LogP contribution < -0.4 is 9.91 Å². The fourth-order valence-corrected chi connectivity index (χ4v) is 3.53. The Morgan fingerprint density at radius 1 is 0.900 bits per heavy atom. The maximum atomic E-state index is 13.3. The Hall–Kier alpha value is -3.73. The zero-order valence-corrected chi connectivity index (χ0v) is 17.2. The molecule has 0 atom stereocenters. The summed E-state index contributed by atoms with van der Waals surface area (Å²) in [6.45, 7) is 6.20. The number of hydrazone groups is 1. The van der Waals surface area contributed by atoms with Gasteiger partial charge in [-0.2, -0.15) is 10.1 Å². The third-order valence-corrected chi connectivity index (χ3v) is 5.12. The van der Waals surface area contributed by atoms with E-state index in [0.29, 0.717) is 17.1 Å². The van der Waals surface area contributed by atoms with E-state index >= 15 is 0 Å². The van der Waals surface area contributed by atoms with Gasteiger partial charge in [0.15, 0.2) is 5.82 Å². The number of rotatable bonds is 6. The van der Waals surface area contributed by atoms with Crippen molar-refractivity contribution in [3.63, 3.8) is 0 Å². The van der Waals surface area contributed by atoms with Gasteiger partial charge >= 0.3 is 0 Å². The molecule has 4 rings (SSSR count). The smallest absolute Gasteiger partial charge is 0.282 e. The van der Waals surface area contributed by atoms with Crippen molar-refractivity contribution in [2.24, 2.45) is 5.10 Å². The number of anilines is 2. The second-order valence-electron chi connectivity index (χ2n) is 6.94. The van der Waals surface area contributed by atoms with Crippen LogP contribution in [-0.2, 0) is 4.79 Å². The summed E-state index contributed by atoms with van der Waals surface area (Å²) in [5.74, 6) is 0.330. The van der Waals surface area contributed by atoms with Gasteiger partial charge in [-0.15, -0.1) is 0 Å². The highest BCUT2D eigenvalue weighted by atomic mass is 16.2. The normalized spacial score (nSPS) is 14.9. The van der Waals surface area contributed by atoms with Crippen molar-refractivity contribution >= 4 is 29.2 Å². The van der Waals surface area contributed by atoms with Gasteiger partial charge in [-0.1, -0.05) is 48.5 Å². The summed E-state index contributed by atoms with van der Waals surface area (Å²) < 4.78 is 0. The lowest BCUT2D eigenvalue weighted by Crippen LogP contribution is -2.22. The number of carbonyl (C=O) groups excluding carboxylic acids is 1. The Balaban J connectivity index is 1.73. The van der Waals surface area contributed by atoms with E-state index in [1.807, 2.05) is 60.7 Å². The molecule has 1 aromatic heterocycles. The first-order valence-electron chi connectivity index (χ1n) is 10.2. The van der Waals surface area contributed by atoms with Crippen LogP contribution in [0.4, 0.5) is 11.5 Å². The van der Waals surface area contributed by atoms with Gasteiger partial charge in [-0.05, 0) is 49.8 Å². The standard InChI is InChI=1S/C25H24N4O/c1-3-28(4-2)21-15-13-19(14-16-21)18-22-24(20-10-6-5-7-11-20)27-29(25(22)30)23-12-8-9-17-26-23/h5-18H,3-4H2,1-2H3/b22-18-. The lowest BCUT2D eigenvalue weighted by Gasteiger charge is -2.20. The van der Waals surface area contributed by atoms with Crippen molar-refractivity contribution in [2.75, 3.05) is 23.0 Å². The molecule has 5 nitrogen and oxygen atoms in total. The van der Waals surface area contributed by atoms with Crippen LogP contribution in [0.3, 0.4) is 0 Å². The molecule has 2 aromatic carbocycles. The van der Waals surface area contributed by atoms with Gasteiger partial charge in [0, 0.05) is 30.5 Å². The molecule has 0 saturated heterocycles. The van der Waals surface area contributed by atoms with E-state index in [-0.39, 0.29) is 5.91 Å². The predicted octanol–water partition coefficient (Wildman–Crippen LogP) is 4.76. The molecule has 1 aliphatic heterocycles. The average Bonchev–Trinajstić information content (AvgIpc) is 3.13. The van der Waals surface area contributed by atoms with Crippen LogP contribution >= 0.6 is 0 Å². The van der Waals surface area contributed by atoms with E-state index in [2.05, 4.69) is 41.0 Å². The van der Waals surface area contributed by atoms with E-state index in [9.17, 15) is 4.79 Å². The summed E-state index contributed by atoms with van der Waals surface area (Å²) in [4.78, 5) is 19.8. The predicted molar refractivity (Wildman–Crippen MR) is 123 cm³/mol. The Morgan fingerprint density at radius 3 is 2.23 bits per heavy atom. The number of benzene rings is 2. The Labute approximate surface area is 177 Å².